The first kappa shape index (κ1) is 17.0. The molecule has 0 bridgehead atoms. The molecule has 4 nitrogen and oxygen atoms in total. The zero-order chi connectivity index (χ0) is 17.8. The fourth-order valence-corrected chi connectivity index (χ4v) is 2.91. The Hall–Kier alpha value is -2.88. The molecule has 0 unspecified atom stereocenters. The zero-order valence-electron chi connectivity index (χ0n) is 14.9. The maximum atomic E-state index is 13.1. The lowest BCUT2D eigenvalue weighted by atomic mass is 10.1. The van der Waals surface area contributed by atoms with Crippen LogP contribution in [0, 0.1) is 0 Å². The van der Waals surface area contributed by atoms with Crippen molar-refractivity contribution in [2.45, 2.75) is 26.4 Å². The first-order valence-electron chi connectivity index (χ1n) is 8.52. The summed E-state index contributed by atoms with van der Waals surface area (Å²) in [6.45, 7) is 4.63. The molecule has 4 heteroatoms. The van der Waals surface area contributed by atoms with Crippen LogP contribution in [0.15, 0.2) is 60.7 Å². The summed E-state index contributed by atoms with van der Waals surface area (Å²) >= 11 is 0. The van der Waals surface area contributed by atoms with Crippen molar-refractivity contribution >= 4 is 22.5 Å². The Bertz CT molecular complexity index is 875. The molecule has 3 aromatic rings. The number of benzene rings is 2. The Labute approximate surface area is 148 Å². The SMILES string of the molecule is CNc1cc(C(=O)N(Cc2ccccc2)C(C)C)nc2ccccc12. The lowest BCUT2D eigenvalue weighted by molar-refractivity contribution is 0.0685. The molecule has 1 heterocycles. The number of aromatic nitrogens is 1. The van der Waals surface area contributed by atoms with Crippen molar-refractivity contribution in [1.29, 1.82) is 0 Å². The highest BCUT2D eigenvalue weighted by molar-refractivity contribution is 5.99. The van der Waals surface area contributed by atoms with Gasteiger partial charge in [-0.1, -0.05) is 48.5 Å². The van der Waals surface area contributed by atoms with Gasteiger partial charge in [-0.25, -0.2) is 4.98 Å². The average molecular weight is 333 g/mol. The summed E-state index contributed by atoms with van der Waals surface area (Å²) < 4.78 is 0. The summed E-state index contributed by atoms with van der Waals surface area (Å²) in [6, 6.07) is 19.8. The van der Waals surface area contributed by atoms with Gasteiger partial charge >= 0.3 is 0 Å². The van der Waals surface area contributed by atoms with Gasteiger partial charge in [0, 0.05) is 30.7 Å². The Balaban J connectivity index is 1.98. The Morgan fingerprint density at radius 3 is 2.44 bits per heavy atom. The van der Waals surface area contributed by atoms with Crippen LogP contribution in [0.1, 0.15) is 29.9 Å². The van der Waals surface area contributed by atoms with E-state index in [1.165, 1.54) is 0 Å². The molecule has 0 spiro atoms. The van der Waals surface area contributed by atoms with E-state index in [2.05, 4.69) is 10.3 Å². The van der Waals surface area contributed by atoms with Crippen LogP contribution >= 0.6 is 0 Å². The molecule has 1 amide bonds. The summed E-state index contributed by atoms with van der Waals surface area (Å²) in [4.78, 5) is 19.6. The van der Waals surface area contributed by atoms with Crippen molar-refractivity contribution in [2.24, 2.45) is 0 Å². The molecule has 0 aliphatic rings. The molecule has 2 aromatic carbocycles. The second-order valence-electron chi connectivity index (χ2n) is 6.33. The summed E-state index contributed by atoms with van der Waals surface area (Å²) in [6.07, 6.45) is 0. The van der Waals surface area contributed by atoms with E-state index in [9.17, 15) is 4.79 Å². The van der Waals surface area contributed by atoms with Crippen molar-refractivity contribution in [3.63, 3.8) is 0 Å². The van der Waals surface area contributed by atoms with E-state index in [-0.39, 0.29) is 11.9 Å². The van der Waals surface area contributed by atoms with E-state index in [1.807, 2.05) is 86.5 Å². The standard InChI is InChI=1S/C21H23N3O/c1-15(2)24(14-16-9-5-4-6-10-16)21(25)20-13-19(22-3)17-11-7-8-12-18(17)23-20/h4-13,15H,14H2,1-3H3,(H,22,23). The van der Waals surface area contributed by atoms with Gasteiger partial charge in [-0.15, -0.1) is 0 Å². The number of carbonyl (C=O) groups excluding carboxylic acids is 1. The van der Waals surface area contributed by atoms with Gasteiger partial charge < -0.3 is 10.2 Å². The van der Waals surface area contributed by atoms with E-state index < -0.39 is 0 Å². The number of hydrogen-bond acceptors (Lipinski definition) is 3. The number of amides is 1. The van der Waals surface area contributed by atoms with Crippen LogP contribution in [-0.4, -0.2) is 28.9 Å². The highest BCUT2D eigenvalue weighted by atomic mass is 16.2. The molecule has 3 rings (SSSR count). The smallest absolute Gasteiger partial charge is 0.273 e. The molecule has 0 aliphatic carbocycles. The van der Waals surface area contributed by atoms with Crippen molar-refractivity contribution in [1.82, 2.24) is 9.88 Å². The number of nitrogens with zero attached hydrogens (tertiary/aromatic N) is 2. The van der Waals surface area contributed by atoms with Crippen LogP contribution in [-0.2, 0) is 6.54 Å². The molecule has 0 aliphatic heterocycles. The Morgan fingerprint density at radius 2 is 1.76 bits per heavy atom. The molecule has 25 heavy (non-hydrogen) atoms. The van der Waals surface area contributed by atoms with E-state index in [0.717, 1.165) is 22.2 Å². The highest BCUT2D eigenvalue weighted by Crippen LogP contribution is 2.24. The lowest BCUT2D eigenvalue weighted by Crippen LogP contribution is -2.36. The number of nitrogens with one attached hydrogen (secondary N) is 1. The minimum absolute atomic E-state index is 0.0545. The van der Waals surface area contributed by atoms with Crippen LogP contribution in [0.3, 0.4) is 0 Å². The van der Waals surface area contributed by atoms with Crippen LogP contribution in [0.5, 0.6) is 0 Å². The number of para-hydroxylation sites is 1. The van der Waals surface area contributed by atoms with Gasteiger partial charge in [-0.05, 0) is 31.5 Å². The fraction of sp³-hybridized carbons (Fsp3) is 0.238. The van der Waals surface area contributed by atoms with Crippen molar-refractivity contribution < 1.29 is 4.79 Å². The molecular weight excluding hydrogens is 310 g/mol. The fourth-order valence-electron chi connectivity index (χ4n) is 2.91. The maximum Gasteiger partial charge on any atom is 0.273 e. The van der Waals surface area contributed by atoms with Crippen LogP contribution < -0.4 is 5.32 Å². The van der Waals surface area contributed by atoms with E-state index in [4.69, 9.17) is 0 Å². The van der Waals surface area contributed by atoms with E-state index >= 15 is 0 Å². The first-order chi connectivity index (χ1) is 12.1. The van der Waals surface area contributed by atoms with Crippen molar-refractivity contribution in [3.8, 4) is 0 Å². The van der Waals surface area contributed by atoms with Gasteiger partial charge in [0.25, 0.3) is 5.91 Å². The quantitative estimate of drug-likeness (QED) is 0.756. The van der Waals surface area contributed by atoms with Crippen LogP contribution in [0.4, 0.5) is 5.69 Å². The number of hydrogen-bond donors (Lipinski definition) is 1. The normalized spacial score (nSPS) is 10.9. The lowest BCUT2D eigenvalue weighted by Gasteiger charge is -2.27. The second-order valence-corrected chi connectivity index (χ2v) is 6.33. The molecule has 0 fully saturated rings. The predicted octanol–water partition coefficient (Wildman–Crippen LogP) is 4.33. The van der Waals surface area contributed by atoms with Gasteiger partial charge in [-0.2, -0.15) is 0 Å². The number of rotatable bonds is 5. The third-order valence-corrected chi connectivity index (χ3v) is 4.28. The molecule has 0 saturated heterocycles. The zero-order valence-corrected chi connectivity index (χ0v) is 14.9. The van der Waals surface area contributed by atoms with Crippen molar-refractivity contribution in [2.75, 3.05) is 12.4 Å². The summed E-state index contributed by atoms with van der Waals surface area (Å²) in [5.41, 5.74) is 3.31. The maximum absolute atomic E-state index is 13.1. The number of anilines is 1. The molecule has 0 saturated carbocycles. The number of pyridine rings is 1. The van der Waals surface area contributed by atoms with E-state index in [1.54, 1.807) is 0 Å². The van der Waals surface area contributed by atoms with E-state index in [0.29, 0.717) is 12.2 Å². The van der Waals surface area contributed by atoms with Crippen LogP contribution in [0.25, 0.3) is 10.9 Å². The monoisotopic (exact) mass is 333 g/mol. The van der Waals surface area contributed by atoms with Gasteiger partial charge in [0.15, 0.2) is 0 Å². The summed E-state index contributed by atoms with van der Waals surface area (Å²) in [5.74, 6) is -0.0545. The number of fused-ring (bicyclic) bond motifs is 1. The van der Waals surface area contributed by atoms with Crippen LogP contribution in [0.2, 0.25) is 0 Å². The Kier molecular flexibility index (Phi) is 4.98. The van der Waals surface area contributed by atoms with Gasteiger partial charge in [-0.3, -0.25) is 4.79 Å². The van der Waals surface area contributed by atoms with Gasteiger partial charge in [0.1, 0.15) is 5.69 Å². The third-order valence-electron chi connectivity index (χ3n) is 4.28. The first-order valence-corrected chi connectivity index (χ1v) is 8.52. The molecule has 1 aromatic heterocycles. The molecule has 128 valence electrons. The average Bonchev–Trinajstić information content (AvgIpc) is 2.65. The minimum atomic E-state index is -0.0545. The predicted molar refractivity (Wildman–Crippen MR) is 103 cm³/mol. The number of carbonyl (C=O) groups is 1. The van der Waals surface area contributed by atoms with Gasteiger partial charge in [0.05, 0.1) is 5.52 Å². The van der Waals surface area contributed by atoms with Gasteiger partial charge in [0.2, 0.25) is 0 Å². The van der Waals surface area contributed by atoms with Crippen molar-refractivity contribution in [3.05, 3.63) is 71.9 Å². The Morgan fingerprint density at radius 1 is 1.08 bits per heavy atom. The third kappa shape index (κ3) is 3.63. The summed E-state index contributed by atoms with van der Waals surface area (Å²) in [5, 5.41) is 4.19. The molecule has 1 N–H and O–H groups in total. The largest absolute Gasteiger partial charge is 0.388 e. The minimum Gasteiger partial charge on any atom is -0.388 e. The summed E-state index contributed by atoms with van der Waals surface area (Å²) in [7, 11) is 1.86. The topological polar surface area (TPSA) is 45.2 Å². The highest BCUT2D eigenvalue weighted by Gasteiger charge is 2.21. The molecule has 0 atom stereocenters. The molecule has 0 radical (unpaired) electrons. The second kappa shape index (κ2) is 7.34. The molecular formula is C21H23N3O.